The predicted molar refractivity (Wildman–Crippen MR) is 76.7 cm³/mol. The predicted octanol–water partition coefficient (Wildman–Crippen LogP) is 3.75. The number of aromatic nitrogens is 1. The second-order valence-electron chi connectivity index (χ2n) is 5.53. The molecule has 1 aromatic heterocycles. The van der Waals surface area contributed by atoms with E-state index in [1.807, 2.05) is 12.3 Å². The highest BCUT2D eigenvalue weighted by molar-refractivity contribution is 5.12. The van der Waals surface area contributed by atoms with E-state index < -0.39 is 0 Å². The van der Waals surface area contributed by atoms with Crippen molar-refractivity contribution in [2.24, 2.45) is 5.92 Å². The van der Waals surface area contributed by atoms with Gasteiger partial charge >= 0.3 is 0 Å². The van der Waals surface area contributed by atoms with Gasteiger partial charge in [-0.25, -0.2) is 0 Å². The maximum absolute atomic E-state index is 4.45. The molecule has 0 radical (unpaired) electrons. The van der Waals surface area contributed by atoms with Gasteiger partial charge in [-0.05, 0) is 63.2 Å². The Morgan fingerprint density at radius 1 is 1.22 bits per heavy atom. The van der Waals surface area contributed by atoms with E-state index in [2.05, 4.69) is 29.4 Å². The number of nitrogens with zero attached hydrogens (tertiary/aromatic N) is 1. The van der Waals surface area contributed by atoms with Crippen molar-refractivity contribution in [3.05, 3.63) is 30.1 Å². The molecule has 2 nitrogen and oxygen atoms in total. The van der Waals surface area contributed by atoms with Crippen LogP contribution in [0.3, 0.4) is 0 Å². The van der Waals surface area contributed by atoms with Crippen LogP contribution >= 0.6 is 0 Å². The van der Waals surface area contributed by atoms with Crippen molar-refractivity contribution in [3.8, 4) is 0 Å². The Kier molecular flexibility index (Phi) is 5.66. The lowest BCUT2D eigenvalue weighted by molar-refractivity contribution is 0.239. The van der Waals surface area contributed by atoms with E-state index in [1.165, 1.54) is 57.3 Å². The highest BCUT2D eigenvalue weighted by atomic mass is 14.8. The summed E-state index contributed by atoms with van der Waals surface area (Å²) in [6, 6.07) is 6.28. The van der Waals surface area contributed by atoms with Crippen LogP contribution in [-0.4, -0.2) is 18.1 Å². The average molecular weight is 246 g/mol. The third-order valence-electron chi connectivity index (χ3n) is 4.01. The molecule has 1 saturated carbocycles. The summed E-state index contributed by atoms with van der Waals surface area (Å²) in [5.41, 5.74) is 1.30. The van der Waals surface area contributed by atoms with Crippen LogP contribution in [0.2, 0.25) is 0 Å². The van der Waals surface area contributed by atoms with Crippen molar-refractivity contribution in [3.63, 3.8) is 0 Å². The first-order valence-electron chi connectivity index (χ1n) is 7.51. The smallest absolute Gasteiger partial charge is 0.0434 e. The second kappa shape index (κ2) is 7.52. The Labute approximate surface area is 111 Å². The summed E-state index contributed by atoms with van der Waals surface area (Å²) in [7, 11) is 0. The molecule has 1 N–H and O–H groups in total. The van der Waals surface area contributed by atoms with Crippen LogP contribution in [-0.2, 0) is 0 Å². The van der Waals surface area contributed by atoms with E-state index in [-0.39, 0.29) is 0 Å². The monoisotopic (exact) mass is 246 g/mol. The minimum Gasteiger partial charge on any atom is -0.317 e. The van der Waals surface area contributed by atoms with Crippen molar-refractivity contribution in [1.82, 2.24) is 10.3 Å². The zero-order valence-corrected chi connectivity index (χ0v) is 11.6. The molecule has 0 amide bonds. The molecule has 0 bridgehead atoms. The summed E-state index contributed by atoms with van der Waals surface area (Å²) >= 11 is 0. The normalized spacial score (nSPS) is 22.7. The van der Waals surface area contributed by atoms with Gasteiger partial charge in [-0.15, -0.1) is 0 Å². The maximum Gasteiger partial charge on any atom is 0.0434 e. The lowest BCUT2D eigenvalue weighted by Gasteiger charge is -2.35. The van der Waals surface area contributed by atoms with Crippen molar-refractivity contribution < 1.29 is 0 Å². The van der Waals surface area contributed by atoms with Crippen LogP contribution in [0.25, 0.3) is 0 Å². The van der Waals surface area contributed by atoms with Crippen molar-refractivity contribution >= 4 is 0 Å². The zero-order chi connectivity index (χ0) is 12.6. The molecule has 0 aromatic carbocycles. The van der Waals surface area contributed by atoms with Gasteiger partial charge in [0.25, 0.3) is 0 Å². The van der Waals surface area contributed by atoms with E-state index in [1.54, 1.807) is 0 Å². The number of nitrogens with one attached hydrogen (secondary N) is 1. The van der Waals surface area contributed by atoms with Crippen LogP contribution in [0.4, 0.5) is 0 Å². The van der Waals surface area contributed by atoms with Gasteiger partial charge < -0.3 is 5.32 Å². The number of hydrogen-bond donors (Lipinski definition) is 1. The lowest BCUT2D eigenvalue weighted by atomic mass is 9.71. The van der Waals surface area contributed by atoms with E-state index >= 15 is 0 Å². The quantitative estimate of drug-likeness (QED) is 0.707. The van der Waals surface area contributed by atoms with Gasteiger partial charge in [0.05, 0.1) is 0 Å². The number of pyridine rings is 1. The molecule has 0 unspecified atom stereocenters. The first kappa shape index (κ1) is 13.5. The van der Waals surface area contributed by atoms with Gasteiger partial charge in [0.15, 0.2) is 0 Å². The molecule has 0 saturated heterocycles. The molecular weight excluding hydrogens is 220 g/mol. The van der Waals surface area contributed by atoms with Crippen molar-refractivity contribution in [2.75, 3.05) is 13.1 Å². The Bertz CT molecular complexity index is 317. The third kappa shape index (κ3) is 4.09. The Balaban J connectivity index is 1.52. The van der Waals surface area contributed by atoms with E-state index in [4.69, 9.17) is 0 Å². The fraction of sp³-hybridized carbons (Fsp3) is 0.688. The van der Waals surface area contributed by atoms with Gasteiger partial charge in [-0.1, -0.05) is 19.4 Å². The van der Waals surface area contributed by atoms with Crippen LogP contribution in [0.5, 0.6) is 0 Å². The molecule has 0 aliphatic heterocycles. The van der Waals surface area contributed by atoms with E-state index in [0.717, 1.165) is 11.8 Å². The maximum atomic E-state index is 4.45. The standard InChI is InChI=1S/C16H26N2/c1-2-3-9-17-10-6-7-14-12-15(13-14)16-8-4-5-11-18-16/h4-5,8,11,14-15,17H,2-3,6-7,9-10,12-13H2,1H3. The van der Waals surface area contributed by atoms with Crippen LogP contribution in [0.1, 0.15) is 57.1 Å². The van der Waals surface area contributed by atoms with E-state index in [0.29, 0.717) is 0 Å². The minimum absolute atomic E-state index is 0.740. The summed E-state index contributed by atoms with van der Waals surface area (Å²) in [4.78, 5) is 4.45. The van der Waals surface area contributed by atoms with Gasteiger partial charge in [-0.2, -0.15) is 0 Å². The molecule has 18 heavy (non-hydrogen) atoms. The average Bonchev–Trinajstić information content (AvgIpc) is 2.36. The SMILES string of the molecule is CCCCNCCCC1CC(c2ccccn2)C1. The molecular formula is C16H26N2. The van der Waals surface area contributed by atoms with Crippen LogP contribution < -0.4 is 5.32 Å². The van der Waals surface area contributed by atoms with Gasteiger partial charge in [0.1, 0.15) is 0 Å². The van der Waals surface area contributed by atoms with Gasteiger partial charge in [0.2, 0.25) is 0 Å². The Morgan fingerprint density at radius 2 is 2.06 bits per heavy atom. The largest absolute Gasteiger partial charge is 0.317 e. The summed E-state index contributed by atoms with van der Waals surface area (Å²) in [6.45, 7) is 4.64. The van der Waals surface area contributed by atoms with Crippen molar-refractivity contribution in [2.45, 2.75) is 51.4 Å². The molecule has 1 aliphatic carbocycles. The Morgan fingerprint density at radius 3 is 2.78 bits per heavy atom. The van der Waals surface area contributed by atoms with E-state index in [9.17, 15) is 0 Å². The van der Waals surface area contributed by atoms with Crippen molar-refractivity contribution in [1.29, 1.82) is 0 Å². The summed E-state index contributed by atoms with van der Waals surface area (Å²) in [5.74, 6) is 1.69. The first-order chi connectivity index (χ1) is 8.90. The minimum atomic E-state index is 0.740. The molecule has 1 heterocycles. The fourth-order valence-electron chi connectivity index (χ4n) is 2.77. The zero-order valence-electron chi connectivity index (χ0n) is 11.6. The molecule has 2 heteroatoms. The third-order valence-corrected chi connectivity index (χ3v) is 4.01. The summed E-state index contributed by atoms with van der Waals surface area (Å²) in [6.07, 6.45) is 9.95. The van der Waals surface area contributed by atoms with Gasteiger partial charge in [-0.3, -0.25) is 4.98 Å². The topological polar surface area (TPSA) is 24.9 Å². The number of unbranched alkanes of at least 4 members (excludes halogenated alkanes) is 1. The molecule has 1 fully saturated rings. The number of hydrogen-bond acceptors (Lipinski definition) is 2. The highest BCUT2D eigenvalue weighted by Gasteiger charge is 2.30. The fourth-order valence-corrected chi connectivity index (χ4v) is 2.77. The Hall–Kier alpha value is -0.890. The summed E-state index contributed by atoms with van der Waals surface area (Å²) < 4.78 is 0. The molecule has 0 spiro atoms. The second-order valence-corrected chi connectivity index (χ2v) is 5.53. The molecule has 1 aromatic rings. The first-order valence-corrected chi connectivity index (χ1v) is 7.51. The molecule has 0 atom stereocenters. The molecule has 100 valence electrons. The van der Waals surface area contributed by atoms with Gasteiger partial charge in [0, 0.05) is 17.8 Å². The highest BCUT2D eigenvalue weighted by Crippen LogP contribution is 2.42. The summed E-state index contributed by atoms with van der Waals surface area (Å²) in [5, 5.41) is 3.52. The molecule has 2 rings (SSSR count). The lowest BCUT2D eigenvalue weighted by Crippen LogP contribution is -2.24. The van der Waals surface area contributed by atoms with Crippen LogP contribution in [0.15, 0.2) is 24.4 Å². The number of rotatable bonds is 8. The molecule has 1 aliphatic rings. The van der Waals surface area contributed by atoms with Crippen LogP contribution in [0, 0.1) is 5.92 Å².